The van der Waals surface area contributed by atoms with Gasteiger partial charge in [0.05, 0.1) is 0 Å². The third-order valence-corrected chi connectivity index (χ3v) is 4.94. The van der Waals surface area contributed by atoms with Gasteiger partial charge in [-0.1, -0.05) is 19.9 Å². The van der Waals surface area contributed by atoms with Crippen LogP contribution in [0.3, 0.4) is 0 Å². The van der Waals surface area contributed by atoms with Crippen LogP contribution in [-0.2, 0) is 12.3 Å². The molecule has 2 aromatic rings. The average Bonchev–Trinajstić information content (AvgIpc) is 2.98. The fraction of sp³-hybridized carbons (Fsp3) is 0.471. The Labute approximate surface area is 136 Å². The Morgan fingerprint density at radius 2 is 2.05 bits per heavy atom. The van der Waals surface area contributed by atoms with Crippen molar-refractivity contribution in [2.45, 2.75) is 45.0 Å². The zero-order valence-electron chi connectivity index (χ0n) is 13.1. The number of alkyl halides is 1. The fourth-order valence-electron chi connectivity index (χ4n) is 2.23. The zero-order valence-corrected chi connectivity index (χ0v) is 14.7. The molecule has 1 unspecified atom stereocenters. The van der Waals surface area contributed by atoms with Crippen LogP contribution in [0, 0.1) is 0 Å². The Balaban J connectivity index is 2.20. The highest BCUT2D eigenvalue weighted by molar-refractivity contribution is 7.09. The lowest BCUT2D eigenvalue weighted by Crippen LogP contribution is -2.31. The second kappa shape index (κ2) is 7.28. The van der Waals surface area contributed by atoms with Crippen LogP contribution in [0.25, 0.3) is 0 Å². The molecule has 0 saturated carbocycles. The van der Waals surface area contributed by atoms with E-state index in [0.29, 0.717) is 17.8 Å². The topological polar surface area (TPSA) is 16.1 Å². The zero-order chi connectivity index (χ0) is 15.4. The largest absolute Gasteiger partial charge is 0.357 e. The summed E-state index contributed by atoms with van der Waals surface area (Å²) in [6, 6.07) is 8.91. The number of halogens is 1. The summed E-state index contributed by atoms with van der Waals surface area (Å²) in [4.78, 5) is 8.46. The highest BCUT2D eigenvalue weighted by atomic mass is 35.5. The molecule has 2 nitrogen and oxygen atoms in total. The van der Waals surface area contributed by atoms with Gasteiger partial charge >= 0.3 is 0 Å². The smallest absolute Gasteiger partial charge is 0.129 e. The minimum absolute atomic E-state index is 0.404. The normalized spacial score (nSPS) is 12.7. The summed E-state index contributed by atoms with van der Waals surface area (Å²) in [7, 11) is 2.11. The molecule has 1 atom stereocenters. The molecule has 0 bridgehead atoms. The van der Waals surface area contributed by atoms with Crippen molar-refractivity contribution in [3.05, 3.63) is 45.8 Å². The van der Waals surface area contributed by atoms with Crippen LogP contribution in [0.4, 0.5) is 5.82 Å². The molecule has 114 valence electrons. The van der Waals surface area contributed by atoms with Crippen molar-refractivity contribution in [3.8, 4) is 0 Å². The lowest BCUT2D eigenvalue weighted by atomic mass is 10.1. The number of rotatable bonds is 6. The molecule has 0 spiro atoms. The van der Waals surface area contributed by atoms with E-state index in [1.807, 2.05) is 11.3 Å². The Bertz CT molecular complexity index is 566. The first kappa shape index (κ1) is 16.3. The van der Waals surface area contributed by atoms with Gasteiger partial charge in [-0.3, -0.25) is 0 Å². The number of nitrogens with zero attached hydrogens (tertiary/aromatic N) is 2. The molecule has 0 saturated heterocycles. The Hall–Kier alpha value is -1.06. The van der Waals surface area contributed by atoms with E-state index in [-0.39, 0.29) is 0 Å². The van der Waals surface area contributed by atoms with Crippen molar-refractivity contribution in [2.75, 3.05) is 11.9 Å². The maximum atomic E-state index is 6.03. The summed E-state index contributed by atoms with van der Waals surface area (Å²) in [5.74, 6) is 1.95. The van der Waals surface area contributed by atoms with E-state index in [2.05, 4.69) is 62.4 Å². The van der Waals surface area contributed by atoms with Gasteiger partial charge in [-0.05, 0) is 42.0 Å². The van der Waals surface area contributed by atoms with Gasteiger partial charge in [0.1, 0.15) is 5.82 Å². The summed E-state index contributed by atoms with van der Waals surface area (Å²) in [5, 5.41) is 2.13. The SMILES string of the molecule is CC(C)c1cc(CCl)cc(N(C)C(C)Cc2cccs2)n1. The van der Waals surface area contributed by atoms with Crippen LogP contribution in [0.15, 0.2) is 29.6 Å². The molecular formula is C17H23ClN2S. The molecule has 0 fully saturated rings. The standard InChI is InChI=1S/C17H23ClN2S/c1-12(2)16-9-14(11-18)10-17(19-16)20(4)13(3)8-15-6-5-7-21-15/h5-7,9-10,12-13H,8,11H2,1-4H3. The first-order chi connectivity index (χ1) is 10.0. The first-order valence-corrected chi connectivity index (χ1v) is 8.74. The third kappa shape index (κ3) is 4.21. The van der Waals surface area contributed by atoms with E-state index in [9.17, 15) is 0 Å². The lowest BCUT2D eigenvalue weighted by molar-refractivity contribution is 0.675. The molecule has 2 rings (SSSR count). The van der Waals surface area contributed by atoms with E-state index < -0.39 is 0 Å². The lowest BCUT2D eigenvalue weighted by Gasteiger charge is -2.27. The molecule has 2 aromatic heterocycles. The van der Waals surface area contributed by atoms with Crippen LogP contribution in [0.5, 0.6) is 0 Å². The first-order valence-electron chi connectivity index (χ1n) is 7.33. The summed E-state index contributed by atoms with van der Waals surface area (Å²) in [6.07, 6.45) is 1.04. The Morgan fingerprint density at radius 3 is 2.62 bits per heavy atom. The van der Waals surface area contributed by atoms with E-state index in [4.69, 9.17) is 16.6 Å². The molecule has 21 heavy (non-hydrogen) atoms. The minimum atomic E-state index is 0.404. The number of pyridine rings is 1. The van der Waals surface area contributed by atoms with E-state index >= 15 is 0 Å². The van der Waals surface area contributed by atoms with Gasteiger partial charge in [0, 0.05) is 36.0 Å². The van der Waals surface area contributed by atoms with Gasteiger partial charge in [-0.2, -0.15) is 0 Å². The van der Waals surface area contributed by atoms with Crippen LogP contribution in [0.1, 0.15) is 42.8 Å². The fourth-order valence-corrected chi connectivity index (χ4v) is 3.21. The van der Waals surface area contributed by atoms with Crippen LogP contribution in [0.2, 0.25) is 0 Å². The Kier molecular flexibility index (Phi) is 5.65. The molecule has 0 amide bonds. The highest BCUT2D eigenvalue weighted by Gasteiger charge is 2.15. The molecule has 0 radical (unpaired) electrons. The van der Waals surface area contributed by atoms with Crippen LogP contribution < -0.4 is 4.90 Å². The molecule has 2 heterocycles. The molecule has 0 N–H and O–H groups in total. The summed E-state index contributed by atoms with van der Waals surface area (Å²) >= 11 is 7.84. The van der Waals surface area contributed by atoms with Crippen molar-refractivity contribution >= 4 is 28.8 Å². The molecular weight excluding hydrogens is 300 g/mol. The molecule has 4 heteroatoms. The van der Waals surface area contributed by atoms with E-state index in [1.165, 1.54) is 4.88 Å². The van der Waals surface area contributed by atoms with Crippen LogP contribution >= 0.6 is 22.9 Å². The van der Waals surface area contributed by atoms with Gasteiger partial charge in [0.15, 0.2) is 0 Å². The number of hydrogen-bond acceptors (Lipinski definition) is 3. The van der Waals surface area contributed by atoms with Crippen molar-refractivity contribution in [1.29, 1.82) is 0 Å². The second-order valence-corrected chi connectivity index (χ2v) is 7.09. The predicted molar refractivity (Wildman–Crippen MR) is 93.8 cm³/mol. The average molecular weight is 323 g/mol. The molecule has 0 aliphatic carbocycles. The van der Waals surface area contributed by atoms with Gasteiger partial charge in [-0.15, -0.1) is 22.9 Å². The summed E-state index contributed by atoms with van der Waals surface area (Å²) < 4.78 is 0. The highest BCUT2D eigenvalue weighted by Crippen LogP contribution is 2.23. The van der Waals surface area contributed by atoms with Gasteiger partial charge in [0.2, 0.25) is 0 Å². The number of likely N-dealkylation sites (N-methyl/N-ethyl adjacent to an activating group) is 1. The monoisotopic (exact) mass is 322 g/mol. The van der Waals surface area contributed by atoms with Crippen molar-refractivity contribution in [2.24, 2.45) is 0 Å². The predicted octanol–water partition coefficient (Wildman–Crippen LogP) is 5.07. The maximum Gasteiger partial charge on any atom is 0.129 e. The minimum Gasteiger partial charge on any atom is -0.357 e. The molecule has 0 aliphatic heterocycles. The van der Waals surface area contributed by atoms with E-state index in [1.54, 1.807) is 0 Å². The number of thiophene rings is 1. The van der Waals surface area contributed by atoms with Gasteiger partial charge < -0.3 is 4.90 Å². The maximum absolute atomic E-state index is 6.03. The van der Waals surface area contributed by atoms with E-state index in [0.717, 1.165) is 23.5 Å². The molecule has 0 aliphatic rings. The van der Waals surface area contributed by atoms with Crippen molar-refractivity contribution in [3.63, 3.8) is 0 Å². The van der Waals surface area contributed by atoms with Crippen molar-refractivity contribution in [1.82, 2.24) is 4.98 Å². The number of anilines is 1. The number of hydrogen-bond donors (Lipinski definition) is 0. The quantitative estimate of drug-likeness (QED) is 0.690. The van der Waals surface area contributed by atoms with Gasteiger partial charge in [0.25, 0.3) is 0 Å². The molecule has 0 aromatic carbocycles. The van der Waals surface area contributed by atoms with Crippen molar-refractivity contribution < 1.29 is 0 Å². The summed E-state index contributed by atoms with van der Waals surface area (Å²) in [6.45, 7) is 6.57. The van der Waals surface area contributed by atoms with Crippen LogP contribution in [-0.4, -0.2) is 18.1 Å². The summed E-state index contributed by atoms with van der Waals surface area (Å²) in [5.41, 5.74) is 2.25. The van der Waals surface area contributed by atoms with Gasteiger partial charge in [-0.25, -0.2) is 4.98 Å². The number of aromatic nitrogens is 1. The Morgan fingerprint density at radius 1 is 1.29 bits per heavy atom. The second-order valence-electron chi connectivity index (χ2n) is 5.79. The third-order valence-electron chi connectivity index (χ3n) is 3.74.